The van der Waals surface area contributed by atoms with Gasteiger partial charge in [-0.15, -0.1) is 12.4 Å². The highest BCUT2D eigenvalue weighted by atomic mass is 35.5. The number of pyridine rings is 2. The fourth-order valence-electron chi connectivity index (χ4n) is 3.89. The van der Waals surface area contributed by atoms with E-state index >= 15 is 4.39 Å². The number of aryl methyl sites for hydroxylation is 1. The Morgan fingerprint density at radius 3 is 2.59 bits per heavy atom. The molecule has 0 spiro atoms. The first kappa shape index (κ1) is 23.6. The molecule has 0 aliphatic carbocycles. The van der Waals surface area contributed by atoms with E-state index in [9.17, 15) is 23.5 Å². The van der Waals surface area contributed by atoms with Crippen LogP contribution in [0, 0.1) is 24.4 Å². The van der Waals surface area contributed by atoms with Crippen molar-refractivity contribution in [2.45, 2.75) is 19.4 Å². The van der Waals surface area contributed by atoms with Crippen LogP contribution in [0.2, 0.25) is 0 Å². The molecular weight excluding hydrogens is 449 g/mol. The van der Waals surface area contributed by atoms with Crippen LogP contribution in [0.25, 0.3) is 16.7 Å². The number of anilines is 1. The first-order valence-corrected chi connectivity index (χ1v) is 9.59. The zero-order valence-corrected chi connectivity index (χ0v) is 18.0. The van der Waals surface area contributed by atoms with Crippen LogP contribution in [0.5, 0.6) is 0 Å². The van der Waals surface area contributed by atoms with Gasteiger partial charge in [-0.25, -0.2) is 22.9 Å². The van der Waals surface area contributed by atoms with Gasteiger partial charge in [0.15, 0.2) is 17.3 Å². The van der Waals surface area contributed by atoms with Crippen molar-refractivity contribution in [3.8, 4) is 5.69 Å². The second-order valence-corrected chi connectivity index (χ2v) is 7.44. The van der Waals surface area contributed by atoms with Gasteiger partial charge in [0.05, 0.1) is 11.1 Å². The third-order valence-corrected chi connectivity index (χ3v) is 5.59. The summed E-state index contributed by atoms with van der Waals surface area (Å²) in [5, 5.41) is 12.3. The zero-order chi connectivity index (χ0) is 22.4. The second-order valence-electron chi connectivity index (χ2n) is 7.44. The van der Waals surface area contributed by atoms with Crippen molar-refractivity contribution in [1.82, 2.24) is 14.9 Å². The molecule has 0 bridgehead atoms. The molecule has 32 heavy (non-hydrogen) atoms. The second kappa shape index (κ2) is 8.79. The Morgan fingerprint density at radius 1 is 1.28 bits per heavy atom. The molecule has 3 aromatic rings. The van der Waals surface area contributed by atoms with Crippen molar-refractivity contribution >= 4 is 35.2 Å². The number of aromatic carboxylic acids is 1. The number of hydrogen-bond acceptors (Lipinski definition) is 5. The SMILES string of the molecule is CN[C@H]1CCN(c2nc3c(c(C)c2F)c(=O)c(C(=O)O)cn3-c2ccc(F)cc2F)C1.Cl. The quantitative estimate of drug-likeness (QED) is 0.612. The lowest BCUT2D eigenvalue weighted by Crippen LogP contribution is -2.31. The zero-order valence-electron chi connectivity index (χ0n) is 17.2. The van der Waals surface area contributed by atoms with Crippen molar-refractivity contribution in [3.05, 3.63) is 63.2 Å². The summed E-state index contributed by atoms with van der Waals surface area (Å²) < 4.78 is 44.3. The predicted molar refractivity (Wildman–Crippen MR) is 116 cm³/mol. The Bertz CT molecular complexity index is 1280. The van der Waals surface area contributed by atoms with Crippen LogP contribution in [-0.2, 0) is 0 Å². The van der Waals surface area contributed by atoms with Crippen LogP contribution in [0.3, 0.4) is 0 Å². The monoisotopic (exact) mass is 468 g/mol. The molecule has 0 radical (unpaired) electrons. The maximum absolute atomic E-state index is 15.2. The maximum atomic E-state index is 15.2. The Hall–Kier alpha value is -3.11. The van der Waals surface area contributed by atoms with E-state index in [0.717, 1.165) is 29.3 Å². The summed E-state index contributed by atoms with van der Waals surface area (Å²) in [6, 6.07) is 2.86. The van der Waals surface area contributed by atoms with E-state index in [2.05, 4.69) is 10.3 Å². The van der Waals surface area contributed by atoms with E-state index in [4.69, 9.17) is 0 Å². The lowest BCUT2D eigenvalue weighted by atomic mass is 10.1. The molecule has 1 aliphatic heterocycles. The van der Waals surface area contributed by atoms with Gasteiger partial charge in [0.2, 0.25) is 5.43 Å². The highest BCUT2D eigenvalue weighted by Gasteiger charge is 2.28. The summed E-state index contributed by atoms with van der Waals surface area (Å²) >= 11 is 0. The van der Waals surface area contributed by atoms with E-state index in [0.29, 0.717) is 19.2 Å². The third-order valence-electron chi connectivity index (χ3n) is 5.59. The predicted octanol–water partition coefficient (Wildman–Crippen LogP) is 3.03. The summed E-state index contributed by atoms with van der Waals surface area (Å²) in [6.07, 6.45) is 1.68. The van der Waals surface area contributed by atoms with Gasteiger partial charge in [0.25, 0.3) is 0 Å². The minimum Gasteiger partial charge on any atom is -0.477 e. The lowest BCUT2D eigenvalue weighted by Gasteiger charge is -2.21. The van der Waals surface area contributed by atoms with E-state index in [1.807, 2.05) is 0 Å². The van der Waals surface area contributed by atoms with Crippen LogP contribution in [0.15, 0.2) is 29.2 Å². The molecule has 4 rings (SSSR count). The molecule has 170 valence electrons. The van der Waals surface area contributed by atoms with Crippen molar-refractivity contribution in [3.63, 3.8) is 0 Å². The minimum absolute atomic E-state index is 0. The largest absolute Gasteiger partial charge is 0.477 e. The molecule has 1 atom stereocenters. The average molecular weight is 469 g/mol. The molecule has 2 aromatic heterocycles. The van der Waals surface area contributed by atoms with E-state index in [1.165, 1.54) is 6.92 Å². The Labute approximate surface area is 186 Å². The number of fused-ring (bicyclic) bond motifs is 1. The van der Waals surface area contributed by atoms with Crippen LogP contribution in [-0.4, -0.2) is 46.8 Å². The molecular formula is C21H20ClF3N4O3. The van der Waals surface area contributed by atoms with Crippen LogP contribution >= 0.6 is 12.4 Å². The summed E-state index contributed by atoms with van der Waals surface area (Å²) in [7, 11) is 1.80. The number of carbonyl (C=O) groups is 1. The van der Waals surface area contributed by atoms with Gasteiger partial charge in [-0.1, -0.05) is 0 Å². The van der Waals surface area contributed by atoms with Crippen molar-refractivity contribution in [2.24, 2.45) is 0 Å². The number of aromatic nitrogens is 2. The van der Waals surface area contributed by atoms with Gasteiger partial charge in [-0.05, 0) is 32.5 Å². The topological polar surface area (TPSA) is 87.5 Å². The molecule has 11 heteroatoms. The number of rotatable bonds is 4. The van der Waals surface area contributed by atoms with Gasteiger partial charge in [0, 0.05) is 37.0 Å². The number of likely N-dealkylation sites (N-methyl/N-ethyl adjacent to an activating group) is 1. The molecule has 0 unspecified atom stereocenters. The summed E-state index contributed by atoms with van der Waals surface area (Å²) in [5.41, 5.74) is -2.01. The van der Waals surface area contributed by atoms with Gasteiger partial charge in [-0.2, -0.15) is 0 Å². The fraction of sp³-hybridized carbons (Fsp3) is 0.286. The Balaban J connectivity index is 0.00000289. The van der Waals surface area contributed by atoms with E-state index < -0.39 is 34.4 Å². The first-order valence-electron chi connectivity index (χ1n) is 9.59. The number of nitrogens with one attached hydrogen (secondary N) is 1. The lowest BCUT2D eigenvalue weighted by molar-refractivity contribution is 0.0695. The van der Waals surface area contributed by atoms with Crippen molar-refractivity contribution in [1.29, 1.82) is 0 Å². The van der Waals surface area contributed by atoms with Gasteiger partial charge < -0.3 is 15.3 Å². The number of benzene rings is 1. The van der Waals surface area contributed by atoms with Crippen molar-refractivity contribution < 1.29 is 23.1 Å². The fourth-order valence-corrected chi connectivity index (χ4v) is 3.89. The Kier molecular flexibility index (Phi) is 6.47. The number of halogens is 4. The van der Waals surface area contributed by atoms with Crippen LogP contribution in [0.1, 0.15) is 22.3 Å². The third kappa shape index (κ3) is 3.80. The Morgan fingerprint density at radius 2 is 2.00 bits per heavy atom. The highest BCUT2D eigenvalue weighted by Crippen LogP contribution is 2.30. The minimum atomic E-state index is -1.55. The smallest absolute Gasteiger partial charge is 0.341 e. The summed E-state index contributed by atoms with van der Waals surface area (Å²) in [4.78, 5) is 30.5. The van der Waals surface area contributed by atoms with Gasteiger partial charge >= 0.3 is 5.97 Å². The van der Waals surface area contributed by atoms with Gasteiger partial charge in [-0.3, -0.25) is 9.36 Å². The number of nitrogens with zero attached hydrogens (tertiary/aromatic N) is 3. The normalized spacial score (nSPS) is 15.8. The first-order chi connectivity index (χ1) is 14.7. The van der Waals surface area contributed by atoms with Gasteiger partial charge in [0.1, 0.15) is 17.2 Å². The standard InChI is InChI=1S/C21H19F3N4O3.ClH/c1-10-16-18(29)13(21(30)31)9-28(15-4-3-11(22)7-14(15)23)19(16)26-20(17(10)24)27-6-5-12(8-27)25-2;/h3-4,7,9,12,25H,5-6,8H2,1-2H3,(H,30,31);1H/t12-;/m0./s1. The molecule has 0 saturated carbocycles. The number of carboxylic acids is 1. The van der Waals surface area contributed by atoms with Crippen LogP contribution < -0.4 is 15.6 Å². The molecule has 1 fully saturated rings. The molecule has 1 aliphatic rings. The summed E-state index contributed by atoms with van der Waals surface area (Å²) in [5.74, 6) is -4.11. The number of carboxylic acid groups (broad SMARTS) is 1. The molecule has 1 saturated heterocycles. The molecule has 2 N–H and O–H groups in total. The molecule has 0 amide bonds. The molecule has 3 heterocycles. The molecule has 1 aromatic carbocycles. The average Bonchev–Trinajstić information content (AvgIpc) is 3.20. The van der Waals surface area contributed by atoms with E-state index in [1.54, 1.807) is 11.9 Å². The van der Waals surface area contributed by atoms with Crippen LogP contribution in [0.4, 0.5) is 19.0 Å². The maximum Gasteiger partial charge on any atom is 0.341 e. The summed E-state index contributed by atoms with van der Waals surface area (Å²) in [6.45, 7) is 2.35. The van der Waals surface area contributed by atoms with Crippen molar-refractivity contribution in [2.75, 3.05) is 25.0 Å². The number of hydrogen-bond donors (Lipinski definition) is 2. The van der Waals surface area contributed by atoms with E-state index in [-0.39, 0.29) is 46.6 Å². The highest BCUT2D eigenvalue weighted by molar-refractivity contribution is 5.93. The molecule has 7 nitrogen and oxygen atoms in total.